The van der Waals surface area contributed by atoms with Crippen LogP contribution in [0.4, 0.5) is 16.3 Å². The van der Waals surface area contributed by atoms with E-state index in [1.165, 1.54) is 29.0 Å². The number of carbonyl (C=O) groups excluding carboxylic acids is 2. The van der Waals surface area contributed by atoms with Crippen LogP contribution < -0.4 is 15.8 Å². The maximum atomic E-state index is 12.7. The highest BCUT2D eigenvalue weighted by molar-refractivity contribution is 7.19. The number of rotatable bonds is 4. The number of urea groups is 1. The fourth-order valence-corrected chi connectivity index (χ4v) is 4.48. The van der Waals surface area contributed by atoms with Crippen LogP contribution in [0.2, 0.25) is 0 Å². The van der Waals surface area contributed by atoms with Gasteiger partial charge in [-0.1, -0.05) is 11.3 Å². The first-order chi connectivity index (χ1) is 16.5. The summed E-state index contributed by atoms with van der Waals surface area (Å²) in [6.07, 6.45) is 1.55. The van der Waals surface area contributed by atoms with E-state index in [1.807, 2.05) is 4.90 Å². The van der Waals surface area contributed by atoms with Crippen LogP contribution >= 0.6 is 11.3 Å². The summed E-state index contributed by atoms with van der Waals surface area (Å²) in [7, 11) is 1.32. The largest absolute Gasteiger partial charge is 0.465 e. The molecule has 34 heavy (non-hydrogen) atoms. The summed E-state index contributed by atoms with van der Waals surface area (Å²) in [6, 6.07) is 11.2. The Kier molecular flexibility index (Phi) is 5.72. The molecule has 174 valence electrons. The lowest BCUT2D eigenvalue weighted by molar-refractivity contribution is 0.0600. The maximum absolute atomic E-state index is 12.7. The smallest absolute Gasteiger partial charge is 0.337 e. The van der Waals surface area contributed by atoms with Gasteiger partial charge in [-0.25, -0.2) is 14.6 Å². The third kappa shape index (κ3) is 4.22. The molecule has 4 heterocycles. The zero-order chi connectivity index (χ0) is 23.7. The van der Waals surface area contributed by atoms with E-state index < -0.39 is 5.97 Å². The molecule has 0 aliphatic carbocycles. The van der Waals surface area contributed by atoms with E-state index in [0.717, 1.165) is 0 Å². The van der Waals surface area contributed by atoms with Crippen molar-refractivity contribution in [2.45, 2.75) is 0 Å². The van der Waals surface area contributed by atoms with E-state index in [-0.39, 0.29) is 11.6 Å². The molecule has 1 aliphatic rings. The summed E-state index contributed by atoms with van der Waals surface area (Å²) in [5, 5.41) is 7.71. The van der Waals surface area contributed by atoms with E-state index in [4.69, 9.17) is 4.42 Å². The van der Waals surface area contributed by atoms with Gasteiger partial charge in [0.25, 0.3) is 5.56 Å². The van der Waals surface area contributed by atoms with E-state index in [0.29, 0.717) is 59.0 Å². The molecule has 5 rings (SSSR count). The molecule has 12 heteroatoms. The van der Waals surface area contributed by atoms with Gasteiger partial charge in [0.1, 0.15) is 5.82 Å². The number of piperazine rings is 1. The lowest BCUT2D eigenvalue weighted by atomic mass is 10.2. The molecule has 0 spiro atoms. The molecule has 1 aromatic carbocycles. The molecule has 0 unspecified atom stereocenters. The minimum Gasteiger partial charge on any atom is -0.465 e. The van der Waals surface area contributed by atoms with Gasteiger partial charge < -0.3 is 24.3 Å². The van der Waals surface area contributed by atoms with Gasteiger partial charge in [-0.3, -0.25) is 4.79 Å². The van der Waals surface area contributed by atoms with Crippen LogP contribution in [0.5, 0.6) is 0 Å². The Morgan fingerprint density at radius 3 is 2.56 bits per heavy atom. The highest BCUT2D eigenvalue weighted by Crippen LogP contribution is 2.25. The predicted molar refractivity (Wildman–Crippen MR) is 125 cm³/mol. The van der Waals surface area contributed by atoms with Crippen LogP contribution in [-0.2, 0) is 4.74 Å². The van der Waals surface area contributed by atoms with Crippen molar-refractivity contribution in [1.82, 2.24) is 19.5 Å². The molecule has 0 atom stereocenters. The first kappa shape index (κ1) is 21.6. The average molecular weight is 481 g/mol. The lowest BCUT2D eigenvalue weighted by Gasteiger charge is -2.35. The number of anilines is 2. The molecule has 1 saturated heterocycles. The second-order valence-corrected chi connectivity index (χ2v) is 8.46. The van der Waals surface area contributed by atoms with E-state index in [9.17, 15) is 14.4 Å². The molecule has 0 saturated carbocycles. The van der Waals surface area contributed by atoms with Crippen molar-refractivity contribution in [2.75, 3.05) is 43.5 Å². The van der Waals surface area contributed by atoms with Crippen LogP contribution in [-0.4, -0.2) is 64.8 Å². The Morgan fingerprint density at radius 1 is 1.12 bits per heavy atom. The first-order valence-electron chi connectivity index (χ1n) is 10.5. The summed E-state index contributed by atoms with van der Waals surface area (Å²) >= 11 is 1.27. The average Bonchev–Trinajstić information content (AvgIpc) is 3.54. The van der Waals surface area contributed by atoms with Gasteiger partial charge >= 0.3 is 12.0 Å². The van der Waals surface area contributed by atoms with Crippen LogP contribution in [0, 0.1) is 0 Å². The molecule has 4 aromatic rings. The van der Waals surface area contributed by atoms with Crippen molar-refractivity contribution >= 4 is 39.8 Å². The number of nitrogens with one attached hydrogen (secondary N) is 1. The van der Waals surface area contributed by atoms with Crippen LogP contribution in [0.1, 0.15) is 10.4 Å². The zero-order valence-corrected chi connectivity index (χ0v) is 18.9. The number of nitrogens with zero attached hydrogens (tertiary/aromatic N) is 5. The Balaban J connectivity index is 1.23. The first-order valence-corrected chi connectivity index (χ1v) is 11.3. The van der Waals surface area contributed by atoms with Gasteiger partial charge in [-0.2, -0.15) is 4.52 Å². The molecule has 0 radical (unpaired) electrons. The normalized spacial score (nSPS) is 13.8. The van der Waals surface area contributed by atoms with Crippen LogP contribution in [0.15, 0.2) is 57.9 Å². The van der Waals surface area contributed by atoms with Crippen molar-refractivity contribution in [3.05, 3.63) is 64.6 Å². The van der Waals surface area contributed by atoms with Crippen molar-refractivity contribution < 1.29 is 18.7 Å². The fourth-order valence-electron chi connectivity index (χ4n) is 3.61. The minimum absolute atomic E-state index is 0.237. The van der Waals surface area contributed by atoms with Gasteiger partial charge in [0.05, 0.1) is 18.9 Å². The third-order valence-electron chi connectivity index (χ3n) is 5.41. The molecule has 0 bridgehead atoms. The number of hydrogen-bond acceptors (Lipinski definition) is 9. The number of benzene rings is 1. The van der Waals surface area contributed by atoms with Gasteiger partial charge in [0.2, 0.25) is 4.96 Å². The number of methoxy groups -OCH3 is 1. The monoisotopic (exact) mass is 480 g/mol. The zero-order valence-electron chi connectivity index (χ0n) is 18.1. The van der Waals surface area contributed by atoms with Crippen molar-refractivity contribution in [3.8, 4) is 10.8 Å². The minimum atomic E-state index is -0.434. The van der Waals surface area contributed by atoms with Gasteiger partial charge in [-0.15, -0.1) is 5.10 Å². The van der Waals surface area contributed by atoms with E-state index in [1.54, 1.807) is 47.6 Å². The summed E-state index contributed by atoms with van der Waals surface area (Å²) in [5.74, 6) is 0.699. The molecule has 1 fully saturated rings. The second-order valence-electron chi connectivity index (χ2n) is 7.50. The summed E-state index contributed by atoms with van der Waals surface area (Å²) in [6.45, 7) is 1.99. The Bertz CT molecular complexity index is 1390. The Morgan fingerprint density at radius 2 is 1.88 bits per heavy atom. The highest BCUT2D eigenvalue weighted by atomic mass is 32.1. The number of ether oxygens (including phenoxy) is 1. The van der Waals surface area contributed by atoms with Gasteiger partial charge in [-0.05, 0) is 36.4 Å². The van der Waals surface area contributed by atoms with Crippen molar-refractivity contribution in [1.29, 1.82) is 0 Å². The summed E-state index contributed by atoms with van der Waals surface area (Å²) < 4.78 is 11.3. The van der Waals surface area contributed by atoms with E-state index >= 15 is 0 Å². The second kappa shape index (κ2) is 8.98. The number of aromatic nitrogens is 3. The molecule has 1 N–H and O–H groups in total. The molecule has 1 aliphatic heterocycles. The molecular weight excluding hydrogens is 460 g/mol. The molecule has 2 amide bonds. The van der Waals surface area contributed by atoms with Crippen LogP contribution in [0.25, 0.3) is 15.7 Å². The number of hydrogen-bond donors (Lipinski definition) is 1. The quantitative estimate of drug-likeness (QED) is 0.442. The lowest BCUT2D eigenvalue weighted by Crippen LogP contribution is -2.50. The molecule has 3 aromatic heterocycles. The fraction of sp³-hybridized carbons (Fsp3) is 0.227. The predicted octanol–water partition coefficient (Wildman–Crippen LogP) is 2.55. The number of esters is 1. The third-order valence-corrected chi connectivity index (χ3v) is 6.33. The SMILES string of the molecule is COC(=O)c1ccc(NC(=O)N2CCN(c3cc(=O)n4nc(-c5ccco5)sc4n3)CC2)cc1. The topological polar surface area (TPSA) is 122 Å². The van der Waals surface area contributed by atoms with Crippen LogP contribution in [0.3, 0.4) is 0 Å². The number of furan rings is 1. The highest BCUT2D eigenvalue weighted by Gasteiger charge is 2.23. The molecule has 11 nitrogen and oxygen atoms in total. The van der Waals surface area contributed by atoms with Crippen molar-refractivity contribution in [2.24, 2.45) is 0 Å². The summed E-state index contributed by atoms with van der Waals surface area (Å²) in [4.78, 5) is 45.5. The van der Waals surface area contributed by atoms with E-state index in [2.05, 4.69) is 20.1 Å². The Labute approximate surface area is 197 Å². The number of amides is 2. The number of fused-ring (bicyclic) bond motifs is 1. The van der Waals surface area contributed by atoms with Gasteiger partial charge in [0, 0.05) is 37.9 Å². The summed E-state index contributed by atoms with van der Waals surface area (Å²) in [5.41, 5.74) is 0.717. The maximum Gasteiger partial charge on any atom is 0.337 e. The molecular formula is C22H20N6O5S. The standard InChI is InChI=1S/C22H20N6O5S/c1-32-20(30)14-4-6-15(7-5-14)23-21(31)27-10-8-26(9-11-27)17-13-18(29)28-22(24-17)34-19(25-28)16-3-2-12-33-16/h2-7,12-13H,8-11H2,1H3,(H,23,31). The Hall–Kier alpha value is -4.19. The van der Waals surface area contributed by atoms with Gasteiger partial charge in [0.15, 0.2) is 10.8 Å². The number of carbonyl (C=O) groups is 2. The van der Waals surface area contributed by atoms with Crippen molar-refractivity contribution in [3.63, 3.8) is 0 Å².